The minimum atomic E-state index is -4.02. The van der Waals surface area contributed by atoms with Crippen LogP contribution in [0.3, 0.4) is 0 Å². The summed E-state index contributed by atoms with van der Waals surface area (Å²) in [7, 11) is -4.02. The van der Waals surface area contributed by atoms with Crippen LogP contribution in [0.2, 0.25) is 0 Å². The molecule has 1 aliphatic heterocycles. The third kappa shape index (κ3) is 4.02. The molecule has 3 heterocycles. The molecular weight excluding hydrogens is 335 g/mol. The molecule has 3 rings (SSSR count). The zero-order valence-electron chi connectivity index (χ0n) is 13.2. The van der Waals surface area contributed by atoms with Crippen molar-refractivity contribution in [3.05, 3.63) is 6.33 Å². The molecule has 1 fully saturated rings. The van der Waals surface area contributed by atoms with Crippen LogP contribution in [0.25, 0.3) is 11.2 Å². The van der Waals surface area contributed by atoms with E-state index >= 15 is 0 Å². The standard InChI is InChI=1S/C13H21N6O4P/c14-13-16-11(18-3-1-2-4-18)10-12(17-13)19(9-15-10)5-6-23-7-8-24(20,21)22/h9H,1-8H2,(H2,14,16,17)(H2,20,21,22). The third-order valence-corrected chi connectivity index (χ3v) is 4.64. The molecule has 10 nitrogen and oxygen atoms in total. The molecule has 4 N–H and O–H groups in total. The molecule has 24 heavy (non-hydrogen) atoms. The monoisotopic (exact) mass is 356 g/mol. The van der Waals surface area contributed by atoms with Gasteiger partial charge in [0.2, 0.25) is 5.95 Å². The van der Waals surface area contributed by atoms with E-state index in [0.717, 1.165) is 31.7 Å². The number of nitrogen functional groups attached to an aromatic ring is 1. The van der Waals surface area contributed by atoms with Gasteiger partial charge in [0.25, 0.3) is 0 Å². The Bertz CT molecular complexity index is 754. The van der Waals surface area contributed by atoms with E-state index < -0.39 is 7.60 Å². The molecule has 2 aromatic heterocycles. The van der Waals surface area contributed by atoms with Gasteiger partial charge in [0.15, 0.2) is 17.0 Å². The molecule has 0 amide bonds. The molecule has 0 bridgehead atoms. The van der Waals surface area contributed by atoms with Gasteiger partial charge in [0.1, 0.15) is 0 Å². The number of aromatic nitrogens is 4. The lowest BCUT2D eigenvalue weighted by atomic mass is 10.4. The molecule has 0 unspecified atom stereocenters. The summed E-state index contributed by atoms with van der Waals surface area (Å²) in [5.74, 6) is 0.963. The highest BCUT2D eigenvalue weighted by molar-refractivity contribution is 7.51. The first-order chi connectivity index (χ1) is 11.4. The van der Waals surface area contributed by atoms with Gasteiger partial charge in [0.05, 0.1) is 25.7 Å². The van der Waals surface area contributed by atoms with Crippen LogP contribution in [0, 0.1) is 0 Å². The van der Waals surface area contributed by atoms with Crippen molar-refractivity contribution in [1.82, 2.24) is 19.5 Å². The highest BCUT2D eigenvalue weighted by Crippen LogP contribution is 2.33. The normalized spacial score (nSPS) is 15.5. The smallest absolute Gasteiger partial charge is 0.327 e. The number of imidazole rings is 1. The fourth-order valence-corrected chi connectivity index (χ4v) is 3.07. The molecule has 0 aliphatic carbocycles. The Morgan fingerprint density at radius 3 is 2.71 bits per heavy atom. The highest BCUT2D eigenvalue weighted by atomic mass is 31.2. The van der Waals surface area contributed by atoms with Crippen LogP contribution in [-0.2, 0) is 15.8 Å². The maximum atomic E-state index is 10.8. The van der Waals surface area contributed by atoms with E-state index in [0.29, 0.717) is 24.3 Å². The predicted octanol–water partition coefficient (Wildman–Crippen LogP) is 0.203. The molecular formula is C13H21N6O4P. The Morgan fingerprint density at radius 1 is 1.25 bits per heavy atom. The summed E-state index contributed by atoms with van der Waals surface area (Å²) in [6.45, 7) is 2.64. The Labute approximate surface area is 138 Å². The van der Waals surface area contributed by atoms with Crippen LogP contribution in [0.4, 0.5) is 11.8 Å². The van der Waals surface area contributed by atoms with E-state index in [1.165, 1.54) is 0 Å². The van der Waals surface area contributed by atoms with Crippen molar-refractivity contribution in [2.45, 2.75) is 19.4 Å². The summed E-state index contributed by atoms with van der Waals surface area (Å²) in [5.41, 5.74) is 7.19. The number of nitrogens with zero attached hydrogens (tertiary/aromatic N) is 5. The van der Waals surface area contributed by atoms with Crippen LogP contribution < -0.4 is 10.6 Å². The quantitative estimate of drug-likeness (QED) is 0.469. The first-order valence-corrected chi connectivity index (χ1v) is 9.59. The van der Waals surface area contributed by atoms with Crippen molar-refractivity contribution in [3.63, 3.8) is 0 Å². The van der Waals surface area contributed by atoms with E-state index in [4.69, 9.17) is 20.3 Å². The van der Waals surface area contributed by atoms with Crippen LogP contribution in [0.5, 0.6) is 0 Å². The fraction of sp³-hybridized carbons (Fsp3) is 0.615. The minimum absolute atomic E-state index is 0.00700. The first kappa shape index (κ1) is 17.1. The second-order valence-electron chi connectivity index (χ2n) is 5.71. The van der Waals surface area contributed by atoms with Gasteiger partial charge < -0.3 is 29.7 Å². The summed E-state index contributed by atoms with van der Waals surface area (Å²) in [6, 6.07) is 0. The molecule has 11 heteroatoms. The van der Waals surface area contributed by atoms with Gasteiger partial charge in [-0.1, -0.05) is 0 Å². The van der Waals surface area contributed by atoms with Gasteiger partial charge in [-0.25, -0.2) is 4.98 Å². The van der Waals surface area contributed by atoms with Gasteiger partial charge in [-0.2, -0.15) is 9.97 Å². The topological polar surface area (TPSA) is 140 Å². The lowest BCUT2D eigenvalue weighted by Crippen LogP contribution is -2.20. The summed E-state index contributed by atoms with van der Waals surface area (Å²) in [4.78, 5) is 32.7. The molecule has 0 radical (unpaired) electrons. The Morgan fingerprint density at radius 2 is 2.00 bits per heavy atom. The summed E-state index contributed by atoms with van der Waals surface area (Å²) in [5, 5.41) is 0. The average molecular weight is 356 g/mol. The van der Waals surface area contributed by atoms with Crippen LogP contribution in [0.1, 0.15) is 12.8 Å². The third-order valence-electron chi connectivity index (χ3n) is 3.87. The zero-order valence-corrected chi connectivity index (χ0v) is 14.1. The second kappa shape index (κ2) is 7.02. The van der Waals surface area contributed by atoms with Crippen molar-refractivity contribution in [3.8, 4) is 0 Å². The van der Waals surface area contributed by atoms with Gasteiger partial charge in [-0.3, -0.25) is 4.57 Å². The number of nitrogens with two attached hydrogens (primary N) is 1. The molecule has 1 aliphatic rings. The Hall–Kier alpha value is -1.74. The number of ether oxygens (including phenoxy) is 1. The van der Waals surface area contributed by atoms with E-state index in [9.17, 15) is 4.57 Å². The number of fused-ring (bicyclic) bond motifs is 1. The Kier molecular flexibility index (Phi) is 5.00. The molecule has 2 aromatic rings. The minimum Gasteiger partial charge on any atom is -0.379 e. The lowest BCUT2D eigenvalue weighted by molar-refractivity contribution is 0.137. The zero-order chi connectivity index (χ0) is 17.2. The maximum Gasteiger partial charge on any atom is 0.327 e. The van der Waals surface area contributed by atoms with Gasteiger partial charge in [-0.05, 0) is 12.8 Å². The second-order valence-corrected chi connectivity index (χ2v) is 7.49. The number of hydrogen-bond acceptors (Lipinski definition) is 7. The maximum absolute atomic E-state index is 10.8. The van der Waals surface area contributed by atoms with Crippen molar-refractivity contribution >= 4 is 30.5 Å². The summed E-state index contributed by atoms with van der Waals surface area (Å²) >= 11 is 0. The number of anilines is 2. The van der Waals surface area contributed by atoms with Crippen LogP contribution in [0.15, 0.2) is 6.33 Å². The molecule has 132 valence electrons. The first-order valence-electron chi connectivity index (χ1n) is 7.80. The van der Waals surface area contributed by atoms with Crippen LogP contribution >= 0.6 is 7.60 Å². The van der Waals surface area contributed by atoms with Crippen LogP contribution in [-0.4, -0.2) is 61.8 Å². The summed E-state index contributed by atoms with van der Waals surface area (Å²) in [6.07, 6.45) is 3.62. The fourth-order valence-electron chi connectivity index (χ4n) is 2.71. The number of hydrogen-bond donors (Lipinski definition) is 3. The van der Waals surface area contributed by atoms with E-state index in [-0.39, 0.29) is 18.7 Å². The largest absolute Gasteiger partial charge is 0.379 e. The van der Waals surface area contributed by atoms with Gasteiger partial charge in [0, 0.05) is 19.6 Å². The average Bonchev–Trinajstić information content (AvgIpc) is 3.15. The molecule has 0 spiro atoms. The van der Waals surface area contributed by atoms with Gasteiger partial charge in [-0.15, -0.1) is 0 Å². The van der Waals surface area contributed by atoms with Crippen molar-refractivity contribution < 1.29 is 19.1 Å². The van der Waals surface area contributed by atoms with Crippen molar-refractivity contribution in [2.24, 2.45) is 0 Å². The predicted molar refractivity (Wildman–Crippen MR) is 88.9 cm³/mol. The van der Waals surface area contributed by atoms with Gasteiger partial charge >= 0.3 is 7.60 Å². The molecule has 1 saturated heterocycles. The van der Waals surface area contributed by atoms with E-state index in [2.05, 4.69) is 19.9 Å². The van der Waals surface area contributed by atoms with Crippen molar-refractivity contribution in [2.75, 3.05) is 43.1 Å². The molecule has 0 aromatic carbocycles. The highest BCUT2D eigenvalue weighted by Gasteiger charge is 2.20. The summed E-state index contributed by atoms with van der Waals surface area (Å²) < 4.78 is 17.8. The van der Waals surface area contributed by atoms with Crippen molar-refractivity contribution in [1.29, 1.82) is 0 Å². The Balaban J connectivity index is 1.69. The SMILES string of the molecule is Nc1nc(N2CCCC2)c2ncn(CCOCCP(=O)(O)O)c2n1. The number of rotatable bonds is 7. The van der Waals surface area contributed by atoms with E-state index in [1.54, 1.807) is 6.33 Å². The lowest BCUT2D eigenvalue weighted by Gasteiger charge is -2.16. The molecule has 0 atom stereocenters. The van der Waals surface area contributed by atoms with E-state index in [1.807, 2.05) is 4.57 Å². The molecule has 0 saturated carbocycles.